The molecule has 6 heteroatoms. The standard InChI is InChI=1S/C16H15N5O/c1-11(22)20-14-8-13-5-3-7-18-15(13)16(21-14)19-10-12-4-2-6-17-9-12/h2-9H,10H2,1H3,(H2,19,20,21,22). The first-order chi connectivity index (χ1) is 10.7. The van der Waals surface area contributed by atoms with Gasteiger partial charge >= 0.3 is 0 Å². The molecule has 0 aliphatic carbocycles. The number of nitrogens with zero attached hydrogens (tertiary/aromatic N) is 3. The van der Waals surface area contributed by atoms with E-state index in [4.69, 9.17) is 0 Å². The molecule has 0 fully saturated rings. The molecule has 0 spiro atoms. The van der Waals surface area contributed by atoms with Crippen LogP contribution in [0.15, 0.2) is 48.9 Å². The van der Waals surface area contributed by atoms with Crippen molar-refractivity contribution in [2.75, 3.05) is 10.6 Å². The maximum Gasteiger partial charge on any atom is 0.222 e. The van der Waals surface area contributed by atoms with Crippen molar-refractivity contribution in [3.63, 3.8) is 0 Å². The average molecular weight is 293 g/mol. The Morgan fingerprint density at radius 3 is 2.86 bits per heavy atom. The van der Waals surface area contributed by atoms with Crippen LogP contribution < -0.4 is 10.6 Å². The van der Waals surface area contributed by atoms with Crippen LogP contribution >= 0.6 is 0 Å². The van der Waals surface area contributed by atoms with Crippen molar-refractivity contribution in [1.29, 1.82) is 0 Å². The highest BCUT2D eigenvalue weighted by atomic mass is 16.1. The van der Waals surface area contributed by atoms with Gasteiger partial charge in [-0.2, -0.15) is 0 Å². The Morgan fingerprint density at radius 1 is 1.23 bits per heavy atom. The molecule has 3 aromatic heterocycles. The van der Waals surface area contributed by atoms with E-state index in [1.807, 2.05) is 24.3 Å². The average Bonchev–Trinajstić information content (AvgIpc) is 2.53. The molecule has 0 atom stereocenters. The fraction of sp³-hybridized carbons (Fsp3) is 0.125. The van der Waals surface area contributed by atoms with Crippen LogP contribution in [0.25, 0.3) is 10.9 Å². The van der Waals surface area contributed by atoms with Crippen molar-refractivity contribution in [2.45, 2.75) is 13.5 Å². The Kier molecular flexibility index (Phi) is 3.91. The molecule has 1 amide bonds. The van der Waals surface area contributed by atoms with Crippen LogP contribution in [-0.4, -0.2) is 20.9 Å². The molecule has 3 aromatic rings. The lowest BCUT2D eigenvalue weighted by atomic mass is 10.2. The number of hydrogen-bond donors (Lipinski definition) is 2. The quantitative estimate of drug-likeness (QED) is 0.773. The van der Waals surface area contributed by atoms with E-state index in [0.717, 1.165) is 16.5 Å². The number of aromatic nitrogens is 3. The summed E-state index contributed by atoms with van der Waals surface area (Å²) in [6.45, 7) is 2.04. The summed E-state index contributed by atoms with van der Waals surface area (Å²) >= 11 is 0. The number of rotatable bonds is 4. The summed E-state index contributed by atoms with van der Waals surface area (Å²) in [7, 11) is 0. The molecule has 0 radical (unpaired) electrons. The molecular formula is C16H15N5O. The number of amides is 1. The molecule has 6 nitrogen and oxygen atoms in total. The van der Waals surface area contributed by atoms with Crippen LogP contribution in [0.4, 0.5) is 11.6 Å². The second kappa shape index (κ2) is 6.17. The fourth-order valence-electron chi connectivity index (χ4n) is 2.14. The van der Waals surface area contributed by atoms with Gasteiger partial charge in [0.05, 0.1) is 0 Å². The van der Waals surface area contributed by atoms with Gasteiger partial charge in [0.2, 0.25) is 5.91 Å². The van der Waals surface area contributed by atoms with Gasteiger partial charge in [-0.05, 0) is 23.8 Å². The van der Waals surface area contributed by atoms with Gasteiger partial charge in [0, 0.05) is 37.4 Å². The third-order valence-corrected chi connectivity index (χ3v) is 3.07. The first-order valence-corrected chi connectivity index (χ1v) is 6.88. The minimum atomic E-state index is -0.158. The third-order valence-electron chi connectivity index (χ3n) is 3.07. The van der Waals surface area contributed by atoms with Gasteiger partial charge in [-0.1, -0.05) is 12.1 Å². The molecule has 0 aliphatic heterocycles. The highest BCUT2D eigenvalue weighted by Gasteiger charge is 2.08. The Labute approximate surface area is 127 Å². The summed E-state index contributed by atoms with van der Waals surface area (Å²) in [6, 6.07) is 9.45. The van der Waals surface area contributed by atoms with Gasteiger partial charge in [-0.3, -0.25) is 14.8 Å². The number of carbonyl (C=O) groups is 1. The lowest BCUT2D eigenvalue weighted by molar-refractivity contribution is -0.114. The fourth-order valence-corrected chi connectivity index (χ4v) is 2.14. The zero-order chi connectivity index (χ0) is 15.4. The number of pyridine rings is 3. The lowest BCUT2D eigenvalue weighted by Gasteiger charge is -2.11. The maximum absolute atomic E-state index is 11.2. The van der Waals surface area contributed by atoms with Crippen LogP contribution in [0.1, 0.15) is 12.5 Å². The van der Waals surface area contributed by atoms with Crippen molar-refractivity contribution in [3.05, 3.63) is 54.5 Å². The Balaban J connectivity index is 1.93. The Hall–Kier alpha value is -3.02. The molecule has 0 aliphatic rings. The van der Waals surface area contributed by atoms with E-state index < -0.39 is 0 Å². The van der Waals surface area contributed by atoms with Crippen molar-refractivity contribution >= 4 is 28.4 Å². The highest BCUT2D eigenvalue weighted by molar-refractivity contribution is 5.94. The Morgan fingerprint density at radius 2 is 2.09 bits per heavy atom. The minimum absolute atomic E-state index is 0.158. The molecule has 3 heterocycles. The third kappa shape index (κ3) is 3.17. The number of hydrogen-bond acceptors (Lipinski definition) is 5. The number of nitrogens with one attached hydrogen (secondary N) is 2. The van der Waals surface area contributed by atoms with Crippen LogP contribution in [0.5, 0.6) is 0 Å². The number of fused-ring (bicyclic) bond motifs is 1. The van der Waals surface area contributed by atoms with E-state index in [2.05, 4.69) is 25.6 Å². The summed E-state index contributed by atoms with van der Waals surface area (Å²) < 4.78 is 0. The van der Waals surface area contributed by atoms with Crippen LogP contribution in [0, 0.1) is 0 Å². The molecule has 0 aromatic carbocycles. The van der Waals surface area contributed by atoms with Gasteiger partial charge in [-0.15, -0.1) is 0 Å². The van der Waals surface area contributed by atoms with Gasteiger partial charge in [0.1, 0.15) is 11.3 Å². The van der Waals surface area contributed by atoms with Crippen LogP contribution in [0.2, 0.25) is 0 Å². The zero-order valence-electron chi connectivity index (χ0n) is 12.1. The first kappa shape index (κ1) is 13.9. The highest BCUT2D eigenvalue weighted by Crippen LogP contribution is 2.23. The predicted molar refractivity (Wildman–Crippen MR) is 85.4 cm³/mol. The number of carbonyl (C=O) groups excluding carboxylic acids is 1. The SMILES string of the molecule is CC(=O)Nc1cc2cccnc2c(NCc2cccnc2)n1. The van der Waals surface area contributed by atoms with Gasteiger partial charge in [0.25, 0.3) is 0 Å². The van der Waals surface area contributed by atoms with Crippen LogP contribution in [0.3, 0.4) is 0 Å². The summed E-state index contributed by atoms with van der Waals surface area (Å²) in [5.74, 6) is 0.973. The maximum atomic E-state index is 11.2. The molecule has 0 saturated heterocycles. The lowest BCUT2D eigenvalue weighted by Crippen LogP contribution is -2.10. The summed E-state index contributed by atoms with van der Waals surface area (Å²) in [6.07, 6.45) is 5.24. The van der Waals surface area contributed by atoms with Crippen molar-refractivity contribution < 1.29 is 4.79 Å². The first-order valence-electron chi connectivity index (χ1n) is 6.88. The van der Waals surface area contributed by atoms with E-state index in [9.17, 15) is 4.79 Å². The molecule has 0 bridgehead atoms. The van der Waals surface area contributed by atoms with Gasteiger partial charge < -0.3 is 10.6 Å². The van der Waals surface area contributed by atoms with E-state index in [0.29, 0.717) is 18.2 Å². The monoisotopic (exact) mass is 293 g/mol. The van der Waals surface area contributed by atoms with E-state index in [1.54, 1.807) is 24.7 Å². The van der Waals surface area contributed by atoms with Gasteiger partial charge in [0.15, 0.2) is 5.82 Å². The molecule has 3 rings (SSSR count). The topological polar surface area (TPSA) is 79.8 Å². The minimum Gasteiger partial charge on any atom is -0.364 e. The summed E-state index contributed by atoms with van der Waals surface area (Å²) in [4.78, 5) is 24.1. The van der Waals surface area contributed by atoms with Crippen molar-refractivity contribution in [3.8, 4) is 0 Å². The molecule has 22 heavy (non-hydrogen) atoms. The largest absolute Gasteiger partial charge is 0.364 e. The van der Waals surface area contributed by atoms with Crippen LogP contribution in [-0.2, 0) is 11.3 Å². The van der Waals surface area contributed by atoms with E-state index in [1.165, 1.54) is 6.92 Å². The number of anilines is 2. The molecule has 0 saturated carbocycles. The van der Waals surface area contributed by atoms with Crippen molar-refractivity contribution in [2.24, 2.45) is 0 Å². The molecule has 0 unspecified atom stereocenters. The zero-order valence-corrected chi connectivity index (χ0v) is 12.1. The van der Waals surface area contributed by atoms with E-state index >= 15 is 0 Å². The van der Waals surface area contributed by atoms with Crippen molar-refractivity contribution in [1.82, 2.24) is 15.0 Å². The second-order valence-corrected chi connectivity index (χ2v) is 4.83. The second-order valence-electron chi connectivity index (χ2n) is 4.83. The molecule has 2 N–H and O–H groups in total. The molecule has 110 valence electrons. The normalized spacial score (nSPS) is 10.4. The van der Waals surface area contributed by atoms with Gasteiger partial charge in [-0.25, -0.2) is 4.98 Å². The van der Waals surface area contributed by atoms with E-state index in [-0.39, 0.29) is 5.91 Å². The summed E-state index contributed by atoms with van der Waals surface area (Å²) in [5.41, 5.74) is 1.80. The predicted octanol–water partition coefficient (Wildman–Crippen LogP) is 2.60. The molecular weight excluding hydrogens is 278 g/mol. The summed E-state index contributed by atoms with van der Waals surface area (Å²) in [5, 5.41) is 6.87. The smallest absolute Gasteiger partial charge is 0.222 e. The Bertz CT molecular complexity index is 804.